The summed E-state index contributed by atoms with van der Waals surface area (Å²) >= 11 is 11.9. The number of nitrogens with zero attached hydrogens (tertiary/aromatic N) is 5. The standard InChI is InChI=1S/C22H24ClN5S/c1-17(2)26(14-6-13-24)16-28-22(29)27(15-18-7-4-3-5-8-18)21(25-28)19-9-11-20(23)12-10-19/h3-5,7-12,17H,6,14-16H2,1-2H3. The van der Waals surface area contributed by atoms with Gasteiger partial charge in [-0.25, -0.2) is 4.68 Å². The van der Waals surface area contributed by atoms with Crippen LogP contribution >= 0.6 is 23.8 Å². The van der Waals surface area contributed by atoms with Gasteiger partial charge in [0.15, 0.2) is 10.6 Å². The molecule has 29 heavy (non-hydrogen) atoms. The van der Waals surface area contributed by atoms with Crippen LogP contribution in [0.1, 0.15) is 25.8 Å². The van der Waals surface area contributed by atoms with Crippen LogP contribution < -0.4 is 0 Å². The van der Waals surface area contributed by atoms with Crippen LogP contribution in [0, 0.1) is 16.1 Å². The minimum Gasteiger partial charge on any atom is -0.295 e. The second kappa shape index (κ2) is 9.84. The number of hydrogen-bond donors (Lipinski definition) is 0. The quantitative estimate of drug-likeness (QED) is 0.455. The molecule has 3 aromatic rings. The van der Waals surface area contributed by atoms with E-state index >= 15 is 0 Å². The summed E-state index contributed by atoms with van der Waals surface area (Å²) in [6.07, 6.45) is 0.472. The van der Waals surface area contributed by atoms with Gasteiger partial charge in [-0.2, -0.15) is 10.4 Å². The average Bonchev–Trinajstić information content (AvgIpc) is 3.02. The molecule has 0 saturated carbocycles. The van der Waals surface area contributed by atoms with E-state index in [2.05, 4.69) is 41.5 Å². The molecular formula is C22H24ClN5S. The lowest BCUT2D eigenvalue weighted by Crippen LogP contribution is -2.34. The Labute approximate surface area is 181 Å². The number of rotatable bonds is 8. The lowest BCUT2D eigenvalue weighted by atomic mass is 10.2. The molecule has 1 aromatic heterocycles. The first kappa shape index (κ1) is 21.3. The van der Waals surface area contributed by atoms with E-state index in [0.29, 0.717) is 36.0 Å². The summed E-state index contributed by atoms with van der Waals surface area (Å²) in [7, 11) is 0. The van der Waals surface area contributed by atoms with E-state index in [1.165, 1.54) is 0 Å². The lowest BCUT2D eigenvalue weighted by molar-refractivity contribution is 0.166. The predicted octanol–water partition coefficient (Wildman–Crippen LogP) is 5.36. The fourth-order valence-corrected chi connectivity index (χ4v) is 3.49. The lowest BCUT2D eigenvalue weighted by Gasteiger charge is -2.24. The van der Waals surface area contributed by atoms with E-state index in [1.807, 2.05) is 47.1 Å². The van der Waals surface area contributed by atoms with E-state index in [9.17, 15) is 0 Å². The number of benzene rings is 2. The largest absolute Gasteiger partial charge is 0.295 e. The van der Waals surface area contributed by atoms with Crippen LogP contribution in [-0.2, 0) is 13.2 Å². The minimum absolute atomic E-state index is 0.281. The third-order valence-corrected chi connectivity index (χ3v) is 5.45. The monoisotopic (exact) mass is 425 g/mol. The highest BCUT2D eigenvalue weighted by Crippen LogP contribution is 2.22. The van der Waals surface area contributed by atoms with Crippen molar-refractivity contribution in [3.05, 3.63) is 70.0 Å². The van der Waals surface area contributed by atoms with E-state index in [1.54, 1.807) is 0 Å². The zero-order valence-electron chi connectivity index (χ0n) is 16.6. The Morgan fingerprint density at radius 2 is 1.83 bits per heavy atom. The molecule has 0 saturated heterocycles. The zero-order chi connectivity index (χ0) is 20.8. The van der Waals surface area contributed by atoms with Crippen LogP contribution in [-0.4, -0.2) is 31.8 Å². The van der Waals surface area contributed by atoms with Crippen LogP contribution in [0.4, 0.5) is 0 Å². The second-order valence-corrected chi connectivity index (χ2v) is 7.94. The Kier molecular flexibility index (Phi) is 7.21. The highest BCUT2D eigenvalue weighted by atomic mass is 35.5. The van der Waals surface area contributed by atoms with Gasteiger partial charge in [0, 0.05) is 29.6 Å². The highest BCUT2D eigenvalue weighted by Gasteiger charge is 2.17. The van der Waals surface area contributed by atoms with Crippen LogP contribution in [0.2, 0.25) is 5.02 Å². The summed E-state index contributed by atoms with van der Waals surface area (Å²) in [5, 5.41) is 14.5. The van der Waals surface area contributed by atoms with Gasteiger partial charge in [-0.3, -0.25) is 9.47 Å². The van der Waals surface area contributed by atoms with Crippen molar-refractivity contribution in [1.82, 2.24) is 19.2 Å². The summed E-state index contributed by atoms with van der Waals surface area (Å²) in [6.45, 7) is 6.08. The van der Waals surface area contributed by atoms with Crippen LogP contribution in [0.15, 0.2) is 54.6 Å². The molecule has 7 heteroatoms. The molecular weight excluding hydrogens is 402 g/mol. The fourth-order valence-electron chi connectivity index (χ4n) is 3.11. The first-order chi connectivity index (χ1) is 14.0. The topological polar surface area (TPSA) is 49.8 Å². The maximum atomic E-state index is 8.97. The van der Waals surface area contributed by atoms with Gasteiger partial charge >= 0.3 is 0 Å². The molecule has 0 radical (unpaired) electrons. The summed E-state index contributed by atoms with van der Waals surface area (Å²) < 4.78 is 4.55. The molecule has 3 rings (SSSR count). The minimum atomic E-state index is 0.281. The van der Waals surface area contributed by atoms with Gasteiger partial charge in [0.25, 0.3) is 0 Å². The van der Waals surface area contributed by atoms with E-state index in [4.69, 9.17) is 34.2 Å². The molecule has 1 heterocycles. The van der Waals surface area contributed by atoms with Crippen molar-refractivity contribution in [3.63, 3.8) is 0 Å². The van der Waals surface area contributed by atoms with Crippen molar-refractivity contribution in [3.8, 4) is 17.5 Å². The van der Waals surface area contributed by atoms with Gasteiger partial charge in [-0.05, 0) is 55.9 Å². The number of nitriles is 1. The zero-order valence-corrected chi connectivity index (χ0v) is 18.2. The molecule has 0 aliphatic rings. The van der Waals surface area contributed by atoms with Gasteiger partial charge in [0.2, 0.25) is 0 Å². The van der Waals surface area contributed by atoms with E-state index in [0.717, 1.165) is 17.0 Å². The third-order valence-electron chi connectivity index (χ3n) is 4.77. The van der Waals surface area contributed by atoms with Gasteiger partial charge in [0.1, 0.15) is 0 Å². The molecule has 0 N–H and O–H groups in total. The molecule has 0 bridgehead atoms. The molecule has 0 aliphatic heterocycles. The Hall–Kier alpha value is -2.46. The molecule has 0 spiro atoms. The first-order valence-electron chi connectivity index (χ1n) is 9.58. The first-order valence-corrected chi connectivity index (χ1v) is 10.4. The van der Waals surface area contributed by atoms with Gasteiger partial charge < -0.3 is 0 Å². The maximum absolute atomic E-state index is 8.97. The Morgan fingerprint density at radius 3 is 2.45 bits per heavy atom. The second-order valence-electron chi connectivity index (χ2n) is 7.14. The molecule has 0 aliphatic carbocycles. The highest BCUT2D eigenvalue weighted by molar-refractivity contribution is 7.71. The molecule has 0 atom stereocenters. The van der Waals surface area contributed by atoms with Crippen molar-refractivity contribution in [1.29, 1.82) is 5.26 Å². The maximum Gasteiger partial charge on any atom is 0.199 e. The van der Waals surface area contributed by atoms with Crippen LogP contribution in [0.25, 0.3) is 11.4 Å². The number of halogens is 1. The van der Waals surface area contributed by atoms with Crippen LogP contribution in [0.3, 0.4) is 0 Å². The summed E-state index contributed by atoms with van der Waals surface area (Å²) in [5.74, 6) is 0.805. The van der Waals surface area contributed by atoms with E-state index < -0.39 is 0 Å². The van der Waals surface area contributed by atoms with Gasteiger partial charge in [-0.1, -0.05) is 41.9 Å². The van der Waals surface area contributed by atoms with Crippen molar-refractivity contribution in [2.75, 3.05) is 6.54 Å². The fraction of sp³-hybridized carbons (Fsp3) is 0.318. The SMILES string of the molecule is CC(C)N(CCC#N)Cn1nc(-c2ccc(Cl)cc2)n(Cc2ccccc2)c1=S. The molecule has 0 amide bonds. The van der Waals surface area contributed by atoms with Crippen molar-refractivity contribution in [2.24, 2.45) is 0 Å². The molecule has 150 valence electrons. The van der Waals surface area contributed by atoms with E-state index in [-0.39, 0.29) is 6.04 Å². The summed E-state index contributed by atoms with van der Waals surface area (Å²) in [6, 6.07) is 20.3. The number of aromatic nitrogens is 3. The molecule has 2 aromatic carbocycles. The predicted molar refractivity (Wildman–Crippen MR) is 119 cm³/mol. The van der Waals surface area contributed by atoms with Gasteiger partial charge in [-0.15, -0.1) is 0 Å². The smallest absolute Gasteiger partial charge is 0.199 e. The Bertz CT molecular complexity index is 1030. The summed E-state index contributed by atoms with van der Waals surface area (Å²) in [4.78, 5) is 2.20. The van der Waals surface area contributed by atoms with Gasteiger partial charge in [0.05, 0.1) is 19.3 Å². The Balaban J connectivity index is 2.02. The Morgan fingerprint density at radius 1 is 1.14 bits per heavy atom. The summed E-state index contributed by atoms with van der Waals surface area (Å²) in [5.41, 5.74) is 2.12. The molecule has 0 unspecified atom stereocenters. The average molecular weight is 426 g/mol. The van der Waals surface area contributed by atoms with Crippen molar-refractivity contribution < 1.29 is 0 Å². The van der Waals surface area contributed by atoms with Crippen molar-refractivity contribution >= 4 is 23.8 Å². The van der Waals surface area contributed by atoms with Crippen LogP contribution in [0.5, 0.6) is 0 Å². The molecule has 0 fully saturated rings. The number of hydrogen-bond acceptors (Lipinski definition) is 4. The molecule has 5 nitrogen and oxygen atoms in total. The third kappa shape index (κ3) is 5.33. The normalized spacial score (nSPS) is 11.2. The van der Waals surface area contributed by atoms with Crippen molar-refractivity contribution in [2.45, 2.75) is 39.5 Å².